The molecule has 18 heavy (non-hydrogen) atoms. The summed E-state index contributed by atoms with van der Waals surface area (Å²) < 4.78 is 2.27. The van der Waals surface area contributed by atoms with Crippen LogP contribution in [0.1, 0.15) is 11.1 Å². The molecule has 0 aliphatic rings. The van der Waals surface area contributed by atoms with E-state index < -0.39 is 0 Å². The summed E-state index contributed by atoms with van der Waals surface area (Å²) in [6, 6.07) is 16.8. The quantitative estimate of drug-likeness (QED) is 0.677. The summed E-state index contributed by atoms with van der Waals surface area (Å²) in [5.41, 5.74) is 10.4. The van der Waals surface area contributed by atoms with Crippen LogP contribution in [0, 0.1) is 6.92 Å². The van der Waals surface area contributed by atoms with E-state index in [0.717, 1.165) is 12.2 Å². The van der Waals surface area contributed by atoms with Gasteiger partial charge in [0.05, 0.1) is 0 Å². The minimum Gasteiger partial charge on any atom is -0.399 e. The summed E-state index contributed by atoms with van der Waals surface area (Å²) in [5.74, 6) is 0. The number of anilines is 1. The second kappa shape index (κ2) is 4.22. The molecule has 3 aromatic rings. The molecule has 0 atom stereocenters. The summed E-state index contributed by atoms with van der Waals surface area (Å²) in [7, 11) is 0. The van der Waals surface area contributed by atoms with Crippen LogP contribution in [0.5, 0.6) is 0 Å². The molecule has 0 bridgehead atoms. The average Bonchev–Trinajstić information content (AvgIpc) is 2.75. The standard InChI is InChI=1S/C16H16N2/c1-12-2-5-14-8-9-18(16(14)10-12)11-13-3-6-15(17)7-4-13/h2-10H,11,17H2,1H3. The Morgan fingerprint density at radius 2 is 1.78 bits per heavy atom. The first-order chi connectivity index (χ1) is 8.72. The zero-order valence-corrected chi connectivity index (χ0v) is 10.4. The van der Waals surface area contributed by atoms with E-state index in [1.807, 2.05) is 12.1 Å². The van der Waals surface area contributed by atoms with Crippen molar-refractivity contribution in [2.24, 2.45) is 0 Å². The molecule has 1 aromatic heterocycles. The van der Waals surface area contributed by atoms with E-state index in [4.69, 9.17) is 5.73 Å². The molecule has 2 N–H and O–H groups in total. The number of benzene rings is 2. The number of nitrogen functional groups attached to an aromatic ring is 1. The molecule has 2 heteroatoms. The van der Waals surface area contributed by atoms with E-state index in [9.17, 15) is 0 Å². The number of hydrogen-bond donors (Lipinski definition) is 1. The van der Waals surface area contributed by atoms with Crippen LogP contribution in [0.4, 0.5) is 5.69 Å². The second-order valence-corrected chi connectivity index (χ2v) is 4.75. The van der Waals surface area contributed by atoms with Gasteiger partial charge in [-0.2, -0.15) is 0 Å². The number of nitrogens with zero attached hydrogens (tertiary/aromatic N) is 1. The molecule has 90 valence electrons. The second-order valence-electron chi connectivity index (χ2n) is 4.75. The fraction of sp³-hybridized carbons (Fsp3) is 0.125. The van der Waals surface area contributed by atoms with Gasteiger partial charge in [0.2, 0.25) is 0 Å². The molecule has 0 fully saturated rings. The molecule has 1 heterocycles. The van der Waals surface area contributed by atoms with Crippen molar-refractivity contribution in [3.63, 3.8) is 0 Å². The lowest BCUT2D eigenvalue weighted by Gasteiger charge is -2.06. The van der Waals surface area contributed by atoms with Crippen molar-refractivity contribution in [1.82, 2.24) is 4.57 Å². The van der Waals surface area contributed by atoms with E-state index in [1.54, 1.807) is 0 Å². The molecule has 0 amide bonds. The van der Waals surface area contributed by atoms with Gasteiger partial charge in [-0.1, -0.05) is 24.3 Å². The highest BCUT2D eigenvalue weighted by atomic mass is 14.9. The number of aromatic nitrogens is 1. The van der Waals surface area contributed by atoms with Gasteiger partial charge in [-0.15, -0.1) is 0 Å². The fourth-order valence-electron chi connectivity index (χ4n) is 2.25. The number of rotatable bonds is 2. The van der Waals surface area contributed by atoms with E-state index in [-0.39, 0.29) is 0 Å². The van der Waals surface area contributed by atoms with Crippen molar-refractivity contribution in [3.8, 4) is 0 Å². The van der Waals surface area contributed by atoms with Gasteiger partial charge >= 0.3 is 0 Å². The predicted molar refractivity (Wildman–Crippen MR) is 76.6 cm³/mol. The Morgan fingerprint density at radius 3 is 2.56 bits per heavy atom. The van der Waals surface area contributed by atoms with Crippen molar-refractivity contribution in [2.75, 3.05) is 5.73 Å². The van der Waals surface area contributed by atoms with Crippen LogP contribution >= 0.6 is 0 Å². The lowest BCUT2D eigenvalue weighted by Crippen LogP contribution is -1.98. The maximum Gasteiger partial charge on any atom is 0.0486 e. The van der Waals surface area contributed by atoms with Gasteiger partial charge in [0.1, 0.15) is 0 Å². The van der Waals surface area contributed by atoms with E-state index in [1.165, 1.54) is 22.0 Å². The smallest absolute Gasteiger partial charge is 0.0486 e. The lowest BCUT2D eigenvalue weighted by molar-refractivity contribution is 0.837. The molecule has 0 unspecified atom stereocenters. The minimum atomic E-state index is 0.812. The Bertz CT molecular complexity index is 678. The van der Waals surface area contributed by atoms with Crippen LogP contribution in [-0.4, -0.2) is 4.57 Å². The van der Waals surface area contributed by atoms with Crippen molar-refractivity contribution in [1.29, 1.82) is 0 Å². The lowest BCUT2D eigenvalue weighted by atomic mass is 10.2. The largest absolute Gasteiger partial charge is 0.399 e. The first-order valence-electron chi connectivity index (χ1n) is 6.12. The Balaban J connectivity index is 1.99. The van der Waals surface area contributed by atoms with Crippen LogP contribution < -0.4 is 5.73 Å². The maximum atomic E-state index is 5.70. The monoisotopic (exact) mass is 236 g/mol. The topological polar surface area (TPSA) is 30.9 Å². The van der Waals surface area contributed by atoms with Gasteiger partial charge in [0.25, 0.3) is 0 Å². The SMILES string of the molecule is Cc1ccc2ccn(Cc3ccc(N)cc3)c2c1. The Kier molecular flexibility index (Phi) is 2.56. The van der Waals surface area contributed by atoms with Gasteiger partial charge in [0, 0.05) is 23.9 Å². The van der Waals surface area contributed by atoms with Crippen LogP contribution in [0.25, 0.3) is 10.9 Å². The normalized spacial score (nSPS) is 10.9. The van der Waals surface area contributed by atoms with Crippen LogP contribution in [0.15, 0.2) is 54.7 Å². The van der Waals surface area contributed by atoms with Crippen molar-refractivity contribution >= 4 is 16.6 Å². The molecule has 0 radical (unpaired) electrons. The molecule has 0 saturated heterocycles. The van der Waals surface area contributed by atoms with Crippen LogP contribution in [0.3, 0.4) is 0 Å². The van der Waals surface area contributed by atoms with Crippen molar-refractivity contribution < 1.29 is 0 Å². The highest BCUT2D eigenvalue weighted by Crippen LogP contribution is 2.19. The Labute approximate surface area is 107 Å². The predicted octanol–water partition coefficient (Wildman–Crippen LogP) is 3.58. The highest BCUT2D eigenvalue weighted by Gasteiger charge is 2.02. The summed E-state index contributed by atoms with van der Waals surface area (Å²) in [6.45, 7) is 3.01. The van der Waals surface area contributed by atoms with Crippen molar-refractivity contribution in [2.45, 2.75) is 13.5 Å². The highest BCUT2D eigenvalue weighted by molar-refractivity contribution is 5.80. The Morgan fingerprint density at radius 1 is 1.00 bits per heavy atom. The first-order valence-corrected chi connectivity index (χ1v) is 6.12. The average molecular weight is 236 g/mol. The van der Waals surface area contributed by atoms with Crippen LogP contribution in [-0.2, 0) is 6.54 Å². The fourth-order valence-corrected chi connectivity index (χ4v) is 2.25. The number of hydrogen-bond acceptors (Lipinski definition) is 1. The molecular weight excluding hydrogens is 220 g/mol. The number of aryl methyl sites for hydroxylation is 1. The Hall–Kier alpha value is -2.22. The molecule has 0 spiro atoms. The van der Waals surface area contributed by atoms with Gasteiger partial charge in [-0.3, -0.25) is 0 Å². The minimum absolute atomic E-state index is 0.812. The third kappa shape index (κ3) is 1.97. The molecule has 3 rings (SSSR count). The molecule has 0 aliphatic heterocycles. The zero-order chi connectivity index (χ0) is 12.5. The summed E-state index contributed by atoms with van der Waals surface area (Å²) in [5, 5.41) is 1.29. The molecule has 0 saturated carbocycles. The van der Waals surface area contributed by atoms with Crippen LogP contribution in [0.2, 0.25) is 0 Å². The van der Waals surface area contributed by atoms with E-state index in [2.05, 4.69) is 54.1 Å². The molecule has 2 nitrogen and oxygen atoms in total. The zero-order valence-electron chi connectivity index (χ0n) is 10.4. The van der Waals surface area contributed by atoms with Gasteiger partial charge < -0.3 is 10.3 Å². The summed E-state index contributed by atoms with van der Waals surface area (Å²) in [4.78, 5) is 0. The molecular formula is C16H16N2. The van der Waals surface area contributed by atoms with Gasteiger partial charge in [-0.25, -0.2) is 0 Å². The van der Waals surface area contributed by atoms with Gasteiger partial charge in [0.15, 0.2) is 0 Å². The molecule has 2 aromatic carbocycles. The summed E-state index contributed by atoms with van der Waals surface area (Å²) in [6.07, 6.45) is 2.14. The third-order valence-corrected chi connectivity index (χ3v) is 3.26. The van der Waals surface area contributed by atoms with E-state index in [0.29, 0.717) is 0 Å². The van der Waals surface area contributed by atoms with Gasteiger partial charge in [-0.05, 0) is 47.7 Å². The summed E-state index contributed by atoms with van der Waals surface area (Å²) >= 11 is 0. The van der Waals surface area contributed by atoms with E-state index >= 15 is 0 Å². The molecule has 0 aliphatic carbocycles. The third-order valence-electron chi connectivity index (χ3n) is 3.26. The number of nitrogens with two attached hydrogens (primary N) is 1. The number of fused-ring (bicyclic) bond motifs is 1. The maximum absolute atomic E-state index is 5.70. The van der Waals surface area contributed by atoms with Crippen molar-refractivity contribution in [3.05, 3.63) is 65.9 Å². The first kappa shape index (κ1) is 10.9.